The standard InChI is InChI=1S/C24H26O7.C24H24O7/c2*1-24(2)20(26)9-15-16(31-24)6-5-13-22(15)30-19-11-29-18-7-12(10-25)17(27-3)8-14(18)21(19)23(13)28-4/h5-8,19-20,25-26H,9-11H2,1-4H3;5-8,19,25H,9-11H2,1-4H3/t19-,20?;19-/m11/s1. The maximum absolute atomic E-state index is 12.6. The molecule has 3 atom stereocenters. The molecule has 62 heavy (non-hydrogen) atoms. The Labute approximate surface area is 359 Å². The van der Waals surface area contributed by atoms with Crippen LogP contribution in [-0.2, 0) is 40.3 Å². The van der Waals surface area contributed by atoms with Gasteiger partial charge in [0.2, 0.25) is 0 Å². The van der Waals surface area contributed by atoms with Crippen molar-refractivity contribution in [1.29, 1.82) is 0 Å². The summed E-state index contributed by atoms with van der Waals surface area (Å²) in [6.07, 6.45) is -0.809. The summed E-state index contributed by atoms with van der Waals surface area (Å²) in [6, 6.07) is 14.9. The van der Waals surface area contributed by atoms with E-state index in [1.165, 1.54) is 0 Å². The monoisotopic (exact) mass is 850 g/mol. The summed E-state index contributed by atoms with van der Waals surface area (Å²) in [5, 5.41) is 29.9. The number of Topliss-reactive ketones (excluding diaryl/α,β-unsaturated/α-hetero) is 1. The van der Waals surface area contributed by atoms with Crippen molar-refractivity contribution < 1.29 is 67.5 Å². The number of hydrogen-bond donors (Lipinski definition) is 3. The van der Waals surface area contributed by atoms with Gasteiger partial charge in [0, 0.05) is 57.4 Å². The van der Waals surface area contributed by atoms with Gasteiger partial charge in [-0.15, -0.1) is 0 Å². The third-order valence-corrected chi connectivity index (χ3v) is 12.4. The highest BCUT2D eigenvalue weighted by atomic mass is 16.6. The number of benzene rings is 4. The lowest BCUT2D eigenvalue weighted by Gasteiger charge is -2.40. The summed E-state index contributed by atoms with van der Waals surface area (Å²) in [5.41, 5.74) is 6.21. The highest BCUT2D eigenvalue weighted by Crippen LogP contribution is 2.53. The van der Waals surface area contributed by atoms with Gasteiger partial charge >= 0.3 is 0 Å². The van der Waals surface area contributed by atoms with Crippen LogP contribution in [0, 0.1) is 0 Å². The van der Waals surface area contributed by atoms with Gasteiger partial charge in [-0.3, -0.25) is 4.79 Å². The van der Waals surface area contributed by atoms with E-state index in [0.29, 0.717) is 81.7 Å². The lowest BCUT2D eigenvalue weighted by Crippen LogP contribution is -2.46. The van der Waals surface area contributed by atoms with Crippen LogP contribution in [0.15, 0.2) is 48.5 Å². The van der Waals surface area contributed by atoms with Crippen LogP contribution in [0.1, 0.15) is 72.2 Å². The molecule has 0 saturated heterocycles. The predicted molar refractivity (Wildman–Crippen MR) is 226 cm³/mol. The van der Waals surface area contributed by atoms with Crippen molar-refractivity contribution in [3.05, 3.63) is 93.0 Å². The second-order valence-electron chi connectivity index (χ2n) is 16.8. The molecule has 0 aliphatic carbocycles. The fourth-order valence-electron chi connectivity index (χ4n) is 8.97. The van der Waals surface area contributed by atoms with Crippen LogP contribution in [0.25, 0.3) is 22.7 Å². The second-order valence-corrected chi connectivity index (χ2v) is 16.8. The van der Waals surface area contributed by atoms with E-state index in [2.05, 4.69) is 0 Å². The molecule has 3 N–H and O–H groups in total. The second kappa shape index (κ2) is 15.4. The molecule has 1 unspecified atom stereocenters. The SMILES string of the molecule is COC1=C2c3cc(OC)c(CO)cc3OC[C@H]2Oc2c1ccc1c2CC(=O)C(C)(C)O1.COC1=C2c3cc(OC)c(CO)cc3OC[C@H]2Oc2c1ccc1c2CC(O)C(C)(C)O1. The number of ether oxygens (including phenoxy) is 10. The van der Waals surface area contributed by atoms with Crippen LogP contribution in [-0.4, -0.2) is 92.3 Å². The van der Waals surface area contributed by atoms with Crippen molar-refractivity contribution in [2.45, 2.75) is 83.3 Å². The number of carbonyl (C=O) groups is 1. The summed E-state index contributed by atoms with van der Waals surface area (Å²) in [7, 11) is 6.38. The van der Waals surface area contributed by atoms with E-state index < -0.39 is 29.5 Å². The van der Waals surface area contributed by atoms with E-state index in [1.54, 1.807) is 54.4 Å². The van der Waals surface area contributed by atoms with Crippen molar-refractivity contribution in [3.63, 3.8) is 0 Å². The van der Waals surface area contributed by atoms with Crippen LogP contribution in [0.4, 0.5) is 0 Å². The molecule has 6 heterocycles. The smallest absolute Gasteiger partial charge is 0.180 e. The van der Waals surface area contributed by atoms with Crippen LogP contribution in [0.3, 0.4) is 0 Å². The van der Waals surface area contributed by atoms with Crippen molar-refractivity contribution in [3.8, 4) is 46.0 Å². The molecular formula is C48H50O14. The Balaban J connectivity index is 0.000000158. The van der Waals surface area contributed by atoms with E-state index in [-0.39, 0.29) is 32.0 Å². The molecular weight excluding hydrogens is 801 g/mol. The lowest BCUT2D eigenvalue weighted by molar-refractivity contribution is -0.132. The van der Waals surface area contributed by atoms with Crippen molar-refractivity contribution in [2.24, 2.45) is 0 Å². The highest BCUT2D eigenvalue weighted by molar-refractivity contribution is 5.99. The quantitative estimate of drug-likeness (QED) is 0.204. The number of hydrogen-bond acceptors (Lipinski definition) is 14. The fraction of sp³-hybridized carbons (Fsp3) is 0.396. The Hall–Kier alpha value is -6.09. The molecule has 326 valence electrons. The van der Waals surface area contributed by atoms with Crippen LogP contribution < -0.4 is 37.9 Å². The molecule has 10 rings (SSSR count). The molecule has 6 aliphatic heterocycles. The number of rotatable bonds is 6. The summed E-state index contributed by atoms with van der Waals surface area (Å²) >= 11 is 0. The molecule has 0 fully saturated rings. The van der Waals surface area contributed by atoms with Gasteiger partial charge in [-0.1, -0.05) is 0 Å². The molecule has 0 saturated carbocycles. The first-order chi connectivity index (χ1) is 29.7. The molecule has 14 heteroatoms. The molecule has 14 nitrogen and oxygen atoms in total. The van der Waals surface area contributed by atoms with Crippen LogP contribution >= 0.6 is 0 Å². The maximum atomic E-state index is 12.6. The van der Waals surface area contributed by atoms with Gasteiger partial charge in [-0.2, -0.15) is 0 Å². The average Bonchev–Trinajstić information content (AvgIpc) is 3.27. The van der Waals surface area contributed by atoms with Gasteiger partial charge in [0.05, 0.1) is 58.9 Å². The topological polar surface area (TPSA) is 170 Å². The third-order valence-electron chi connectivity index (χ3n) is 12.4. The van der Waals surface area contributed by atoms with E-state index in [0.717, 1.165) is 44.5 Å². The minimum Gasteiger partial charge on any atom is -0.496 e. The molecule has 4 aromatic rings. The van der Waals surface area contributed by atoms with Crippen molar-refractivity contribution in [2.75, 3.05) is 41.7 Å². The molecule has 0 radical (unpaired) electrons. The molecule has 0 bridgehead atoms. The van der Waals surface area contributed by atoms with Crippen molar-refractivity contribution >= 4 is 28.4 Å². The van der Waals surface area contributed by atoms with Crippen LogP contribution in [0.2, 0.25) is 0 Å². The van der Waals surface area contributed by atoms with E-state index in [1.807, 2.05) is 50.2 Å². The summed E-state index contributed by atoms with van der Waals surface area (Å²) in [5.74, 6) is 6.37. The van der Waals surface area contributed by atoms with Gasteiger partial charge in [0.15, 0.2) is 23.6 Å². The van der Waals surface area contributed by atoms with E-state index >= 15 is 0 Å². The molecule has 0 spiro atoms. The Bertz CT molecular complexity index is 2570. The first-order valence-corrected chi connectivity index (χ1v) is 20.5. The van der Waals surface area contributed by atoms with Gasteiger partial charge in [-0.25, -0.2) is 0 Å². The third kappa shape index (κ3) is 6.54. The number of methoxy groups -OCH3 is 4. The van der Waals surface area contributed by atoms with Gasteiger partial charge < -0.3 is 62.7 Å². The zero-order chi connectivity index (χ0) is 43.8. The molecule has 4 aromatic carbocycles. The van der Waals surface area contributed by atoms with E-state index in [9.17, 15) is 20.1 Å². The lowest BCUT2D eigenvalue weighted by atomic mass is 9.86. The number of aliphatic hydroxyl groups is 3. The number of carbonyl (C=O) groups excluding carboxylic acids is 1. The summed E-state index contributed by atoms with van der Waals surface area (Å²) in [4.78, 5) is 12.6. The number of fused-ring (bicyclic) bond motifs is 12. The minimum atomic E-state index is -0.866. The average molecular weight is 851 g/mol. The van der Waals surface area contributed by atoms with Gasteiger partial charge in [-0.05, 0) is 76.2 Å². The van der Waals surface area contributed by atoms with Gasteiger partial charge in [0.1, 0.15) is 76.3 Å². The first-order valence-electron chi connectivity index (χ1n) is 20.5. The zero-order valence-electron chi connectivity index (χ0n) is 35.9. The maximum Gasteiger partial charge on any atom is 0.180 e. The van der Waals surface area contributed by atoms with Crippen LogP contribution in [0.5, 0.6) is 46.0 Å². The number of ketones is 1. The predicted octanol–water partition coefficient (Wildman–Crippen LogP) is 6.07. The summed E-state index contributed by atoms with van der Waals surface area (Å²) in [6.45, 7) is 7.56. The number of aliphatic hydroxyl groups excluding tert-OH is 3. The zero-order valence-corrected chi connectivity index (χ0v) is 35.9. The first kappa shape index (κ1) is 41.3. The van der Waals surface area contributed by atoms with Crippen molar-refractivity contribution in [1.82, 2.24) is 0 Å². The minimum absolute atomic E-state index is 0.00254. The van der Waals surface area contributed by atoms with E-state index in [4.69, 9.17) is 47.4 Å². The highest BCUT2D eigenvalue weighted by Gasteiger charge is 2.44. The summed E-state index contributed by atoms with van der Waals surface area (Å²) < 4.78 is 59.4. The van der Waals surface area contributed by atoms with Gasteiger partial charge in [0.25, 0.3) is 0 Å². The Morgan fingerprint density at radius 2 is 1.11 bits per heavy atom. The molecule has 0 aromatic heterocycles. The Kier molecular flexibility index (Phi) is 10.2. The largest absolute Gasteiger partial charge is 0.496 e. The Morgan fingerprint density at radius 3 is 1.58 bits per heavy atom. The normalized spacial score (nSPS) is 21.5. The molecule has 6 aliphatic rings. The fourth-order valence-corrected chi connectivity index (χ4v) is 8.97. The Morgan fingerprint density at radius 1 is 0.629 bits per heavy atom. The molecule has 0 amide bonds.